The third kappa shape index (κ3) is 2.35. The fourth-order valence-corrected chi connectivity index (χ4v) is 3.73. The molecule has 3 aromatic heterocycles. The number of nitrogens with one attached hydrogen (secondary N) is 1. The lowest BCUT2D eigenvalue weighted by Gasteiger charge is -1.97. The molecule has 0 bridgehead atoms. The lowest BCUT2D eigenvalue weighted by Crippen LogP contribution is -2.16. The summed E-state index contributed by atoms with van der Waals surface area (Å²) in [7, 11) is 0. The zero-order valence-corrected chi connectivity index (χ0v) is 14.2. The van der Waals surface area contributed by atoms with Crippen molar-refractivity contribution in [3.63, 3.8) is 0 Å². The van der Waals surface area contributed by atoms with Crippen LogP contribution in [0, 0.1) is 6.92 Å². The first-order chi connectivity index (χ1) is 11.7. The van der Waals surface area contributed by atoms with E-state index in [2.05, 4.69) is 22.0 Å². The molecule has 0 atom stereocenters. The zero-order chi connectivity index (χ0) is 16.7. The highest BCUT2D eigenvalue weighted by Gasteiger charge is 2.09. The van der Waals surface area contributed by atoms with E-state index in [0.717, 1.165) is 38.3 Å². The summed E-state index contributed by atoms with van der Waals surface area (Å²) in [6, 6.07) is 9.96. The first-order valence-electron chi connectivity index (χ1n) is 7.79. The SMILES string of the molecule is CCc1cc2c(=O)n(/N=C/c3c(C)[nH]c4ccccc34)cnc2s1. The highest BCUT2D eigenvalue weighted by atomic mass is 32.1. The molecule has 1 N–H and O–H groups in total. The highest BCUT2D eigenvalue weighted by molar-refractivity contribution is 7.18. The molecule has 0 radical (unpaired) electrons. The van der Waals surface area contributed by atoms with Gasteiger partial charge >= 0.3 is 0 Å². The average molecular weight is 336 g/mol. The number of nitrogens with zero attached hydrogens (tertiary/aromatic N) is 3. The second kappa shape index (κ2) is 5.72. The van der Waals surface area contributed by atoms with Crippen LogP contribution in [0.4, 0.5) is 0 Å². The Bertz CT molecular complexity index is 1130. The van der Waals surface area contributed by atoms with Crippen molar-refractivity contribution < 1.29 is 0 Å². The Balaban J connectivity index is 1.81. The van der Waals surface area contributed by atoms with Crippen molar-refractivity contribution in [1.29, 1.82) is 0 Å². The molecule has 6 heteroatoms. The molecule has 1 aromatic carbocycles. The molecule has 120 valence electrons. The van der Waals surface area contributed by atoms with E-state index in [-0.39, 0.29) is 5.56 Å². The maximum absolute atomic E-state index is 12.6. The summed E-state index contributed by atoms with van der Waals surface area (Å²) in [6.45, 7) is 4.07. The van der Waals surface area contributed by atoms with E-state index in [0.29, 0.717) is 5.39 Å². The number of benzene rings is 1. The van der Waals surface area contributed by atoms with E-state index < -0.39 is 0 Å². The maximum Gasteiger partial charge on any atom is 0.282 e. The Morgan fingerprint density at radius 2 is 2.17 bits per heavy atom. The van der Waals surface area contributed by atoms with Crippen molar-refractivity contribution in [2.24, 2.45) is 5.10 Å². The fraction of sp³-hybridized carbons (Fsp3) is 0.167. The van der Waals surface area contributed by atoms with Gasteiger partial charge in [0.2, 0.25) is 0 Å². The van der Waals surface area contributed by atoms with Crippen molar-refractivity contribution in [3.05, 3.63) is 63.1 Å². The van der Waals surface area contributed by atoms with Gasteiger partial charge in [0.15, 0.2) is 0 Å². The lowest BCUT2D eigenvalue weighted by atomic mass is 10.1. The van der Waals surface area contributed by atoms with Gasteiger partial charge in [-0.3, -0.25) is 4.79 Å². The minimum absolute atomic E-state index is 0.135. The number of rotatable bonds is 3. The van der Waals surface area contributed by atoms with Crippen LogP contribution in [0.15, 0.2) is 46.6 Å². The predicted molar refractivity (Wildman–Crippen MR) is 99.3 cm³/mol. The van der Waals surface area contributed by atoms with Gasteiger partial charge in [0.25, 0.3) is 5.56 Å². The number of fused-ring (bicyclic) bond motifs is 2. The number of H-pyrrole nitrogens is 1. The number of aryl methyl sites for hydroxylation is 2. The monoisotopic (exact) mass is 336 g/mol. The number of para-hydroxylation sites is 1. The zero-order valence-electron chi connectivity index (χ0n) is 13.4. The molecule has 4 rings (SSSR count). The Kier molecular flexibility index (Phi) is 3.54. The Morgan fingerprint density at radius 3 is 3.00 bits per heavy atom. The molecule has 5 nitrogen and oxygen atoms in total. The van der Waals surface area contributed by atoms with Crippen LogP contribution in [0.2, 0.25) is 0 Å². The molecule has 0 aliphatic carbocycles. The molecule has 0 saturated carbocycles. The standard InChI is InChI=1S/C18H16N4OS/c1-3-12-8-14-17(24-12)19-10-22(18(14)23)20-9-15-11(2)21-16-7-5-4-6-13(15)16/h4-10,21H,3H2,1-2H3/b20-9+. The van der Waals surface area contributed by atoms with E-state index in [1.807, 2.05) is 37.3 Å². The van der Waals surface area contributed by atoms with Gasteiger partial charge in [-0.25, -0.2) is 4.98 Å². The first kappa shape index (κ1) is 14.8. The van der Waals surface area contributed by atoms with Gasteiger partial charge in [-0.2, -0.15) is 9.78 Å². The summed E-state index contributed by atoms with van der Waals surface area (Å²) in [5.41, 5.74) is 2.93. The van der Waals surface area contributed by atoms with Gasteiger partial charge in [0.05, 0.1) is 11.6 Å². The molecule has 0 saturated heterocycles. The van der Waals surface area contributed by atoms with Gasteiger partial charge in [0, 0.05) is 27.0 Å². The quantitative estimate of drug-likeness (QED) is 0.580. The van der Waals surface area contributed by atoms with Crippen LogP contribution in [-0.4, -0.2) is 20.9 Å². The number of thiophene rings is 1. The van der Waals surface area contributed by atoms with Gasteiger partial charge < -0.3 is 4.98 Å². The Morgan fingerprint density at radius 1 is 1.33 bits per heavy atom. The Labute approximate surface area is 142 Å². The summed E-state index contributed by atoms with van der Waals surface area (Å²) in [5.74, 6) is 0. The van der Waals surface area contributed by atoms with Crippen LogP contribution in [-0.2, 0) is 6.42 Å². The molecule has 0 aliphatic heterocycles. The second-order valence-electron chi connectivity index (χ2n) is 5.63. The van der Waals surface area contributed by atoms with E-state index in [1.54, 1.807) is 17.6 Å². The third-order valence-electron chi connectivity index (χ3n) is 4.09. The van der Waals surface area contributed by atoms with Crippen molar-refractivity contribution in [3.8, 4) is 0 Å². The van der Waals surface area contributed by atoms with Gasteiger partial charge in [-0.15, -0.1) is 11.3 Å². The summed E-state index contributed by atoms with van der Waals surface area (Å²) >= 11 is 1.56. The van der Waals surface area contributed by atoms with E-state index >= 15 is 0 Å². The lowest BCUT2D eigenvalue weighted by molar-refractivity contribution is 0.818. The molecule has 24 heavy (non-hydrogen) atoms. The summed E-state index contributed by atoms with van der Waals surface area (Å²) < 4.78 is 1.30. The highest BCUT2D eigenvalue weighted by Crippen LogP contribution is 2.22. The van der Waals surface area contributed by atoms with E-state index in [1.165, 1.54) is 11.0 Å². The molecule has 3 heterocycles. The third-order valence-corrected chi connectivity index (χ3v) is 5.28. The van der Waals surface area contributed by atoms with Crippen LogP contribution >= 0.6 is 11.3 Å². The van der Waals surface area contributed by atoms with Crippen molar-refractivity contribution >= 4 is 38.7 Å². The van der Waals surface area contributed by atoms with Crippen molar-refractivity contribution in [2.75, 3.05) is 0 Å². The van der Waals surface area contributed by atoms with Gasteiger partial charge in [-0.05, 0) is 25.5 Å². The van der Waals surface area contributed by atoms with Crippen LogP contribution < -0.4 is 5.56 Å². The fourth-order valence-electron chi connectivity index (χ4n) is 2.80. The van der Waals surface area contributed by atoms with Crippen LogP contribution in [0.5, 0.6) is 0 Å². The minimum Gasteiger partial charge on any atom is -0.358 e. The topological polar surface area (TPSA) is 63.0 Å². The van der Waals surface area contributed by atoms with E-state index in [4.69, 9.17) is 0 Å². The smallest absolute Gasteiger partial charge is 0.282 e. The first-order valence-corrected chi connectivity index (χ1v) is 8.60. The number of hydrogen-bond acceptors (Lipinski definition) is 4. The van der Waals surface area contributed by atoms with E-state index in [9.17, 15) is 4.79 Å². The second-order valence-corrected chi connectivity index (χ2v) is 6.75. The van der Waals surface area contributed by atoms with Crippen molar-refractivity contribution in [2.45, 2.75) is 20.3 Å². The van der Waals surface area contributed by atoms with Crippen molar-refractivity contribution in [1.82, 2.24) is 14.6 Å². The minimum atomic E-state index is -0.135. The van der Waals surface area contributed by atoms with Crippen LogP contribution in [0.3, 0.4) is 0 Å². The maximum atomic E-state index is 12.6. The van der Waals surface area contributed by atoms with Gasteiger partial charge in [-0.1, -0.05) is 25.1 Å². The summed E-state index contributed by atoms with van der Waals surface area (Å²) in [5, 5.41) is 6.06. The van der Waals surface area contributed by atoms with Crippen LogP contribution in [0.1, 0.15) is 23.1 Å². The van der Waals surface area contributed by atoms with Crippen LogP contribution in [0.25, 0.3) is 21.1 Å². The van der Waals surface area contributed by atoms with Gasteiger partial charge in [0.1, 0.15) is 11.2 Å². The number of aromatic amines is 1. The summed E-state index contributed by atoms with van der Waals surface area (Å²) in [4.78, 5) is 22.2. The molecule has 0 fully saturated rings. The molecular weight excluding hydrogens is 320 g/mol. The molecule has 0 aliphatic rings. The molecule has 0 unspecified atom stereocenters. The molecule has 0 spiro atoms. The molecular formula is C18H16N4OS. The largest absolute Gasteiger partial charge is 0.358 e. The summed E-state index contributed by atoms with van der Waals surface area (Å²) in [6.07, 6.45) is 4.11. The Hall–Kier alpha value is -2.73. The molecule has 4 aromatic rings. The normalized spacial score (nSPS) is 11.9. The average Bonchev–Trinajstić information content (AvgIpc) is 3.15. The number of hydrogen-bond donors (Lipinski definition) is 1. The molecule has 0 amide bonds. The predicted octanol–water partition coefficient (Wildman–Crippen LogP) is 3.69. The number of aromatic nitrogens is 3.